The van der Waals surface area contributed by atoms with Crippen molar-refractivity contribution in [3.63, 3.8) is 0 Å². The number of benzene rings is 1. The van der Waals surface area contributed by atoms with Gasteiger partial charge in [-0.3, -0.25) is 0 Å². The van der Waals surface area contributed by atoms with Crippen LogP contribution < -0.4 is 4.18 Å². The van der Waals surface area contributed by atoms with Gasteiger partial charge in [0.1, 0.15) is 11.4 Å². The summed E-state index contributed by atoms with van der Waals surface area (Å²) in [5, 5.41) is 0. The lowest BCUT2D eigenvalue weighted by molar-refractivity contribution is -0.0501. The number of rotatable bonds is 6. The molecular weight excluding hydrogens is 487 g/mol. The van der Waals surface area contributed by atoms with Gasteiger partial charge in [0, 0.05) is 31.0 Å². The third kappa shape index (κ3) is 6.41. The Balaban J connectivity index is 2.00. The van der Waals surface area contributed by atoms with Crippen molar-refractivity contribution in [3.05, 3.63) is 53.0 Å². The van der Waals surface area contributed by atoms with E-state index in [4.69, 9.17) is 4.74 Å². The minimum absolute atomic E-state index is 0.00431. The molecule has 0 saturated heterocycles. The summed E-state index contributed by atoms with van der Waals surface area (Å²) in [6, 6.07) is 8.96. The number of nitrogens with zero attached hydrogens (tertiary/aromatic N) is 3. The molecule has 1 atom stereocenters. The SMILES string of the molecule is CCC(C)(C)OC(=O)N1CCc2c(OS(=O)(=O)C(F)(F)F)nc(Cc3ccccc3)nc2C(C)C1. The highest BCUT2D eigenvalue weighted by Crippen LogP contribution is 2.34. The van der Waals surface area contributed by atoms with Crippen LogP contribution in [0.5, 0.6) is 5.88 Å². The highest BCUT2D eigenvalue weighted by Gasteiger charge is 2.49. The molecule has 1 aromatic carbocycles. The number of halogens is 3. The zero-order chi connectivity index (χ0) is 26.0. The molecule has 1 unspecified atom stereocenters. The molecule has 1 aromatic heterocycles. The quantitative estimate of drug-likeness (QED) is 0.410. The number of ether oxygens (including phenoxy) is 1. The van der Waals surface area contributed by atoms with Gasteiger partial charge in [-0.2, -0.15) is 26.6 Å². The van der Waals surface area contributed by atoms with Crippen molar-refractivity contribution in [2.24, 2.45) is 0 Å². The van der Waals surface area contributed by atoms with E-state index < -0.39 is 39.1 Å². The van der Waals surface area contributed by atoms with Gasteiger partial charge in [-0.05, 0) is 32.3 Å². The fourth-order valence-corrected chi connectivity index (χ4v) is 3.98. The van der Waals surface area contributed by atoms with E-state index in [0.29, 0.717) is 12.1 Å². The van der Waals surface area contributed by atoms with Crippen LogP contribution in [0.2, 0.25) is 0 Å². The molecule has 0 spiro atoms. The average Bonchev–Trinajstić information content (AvgIpc) is 2.93. The lowest BCUT2D eigenvalue weighted by Crippen LogP contribution is -2.39. The summed E-state index contributed by atoms with van der Waals surface area (Å²) >= 11 is 0. The zero-order valence-electron chi connectivity index (χ0n) is 19.9. The molecule has 1 amide bonds. The van der Waals surface area contributed by atoms with Gasteiger partial charge in [0.25, 0.3) is 0 Å². The Morgan fingerprint density at radius 3 is 2.43 bits per heavy atom. The van der Waals surface area contributed by atoms with E-state index in [2.05, 4.69) is 14.2 Å². The van der Waals surface area contributed by atoms with Crippen molar-refractivity contribution in [3.8, 4) is 5.88 Å². The molecule has 0 N–H and O–H groups in total. The second-order valence-electron chi connectivity index (χ2n) is 9.03. The third-order valence-electron chi connectivity index (χ3n) is 5.79. The molecule has 2 aromatic rings. The molecule has 8 nitrogen and oxygen atoms in total. The number of hydrogen-bond donors (Lipinski definition) is 0. The fourth-order valence-electron chi connectivity index (χ4n) is 3.54. The van der Waals surface area contributed by atoms with Gasteiger partial charge in [-0.25, -0.2) is 9.78 Å². The van der Waals surface area contributed by atoms with Gasteiger partial charge < -0.3 is 13.8 Å². The standard InChI is InChI=1S/C23H28F3N3O5S/c1-5-22(3,4)33-21(30)29-12-11-17-19(15(2)14-29)27-18(13-16-9-7-6-8-10-16)28-20(17)34-35(31,32)23(24,25)26/h6-10,15H,5,11-14H2,1-4H3. The second kappa shape index (κ2) is 10.00. The highest BCUT2D eigenvalue weighted by atomic mass is 32.2. The number of alkyl halides is 3. The molecule has 0 bridgehead atoms. The number of fused-ring (bicyclic) bond motifs is 1. The van der Waals surface area contributed by atoms with Crippen molar-refractivity contribution in [1.82, 2.24) is 14.9 Å². The lowest BCUT2D eigenvalue weighted by Gasteiger charge is -2.29. The fraction of sp³-hybridized carbons (Fsp3) is 0.522. The van der Waals surface area contributed by atoms with E-state index in [-0.39, 0.29) is 37.3 Å². The molecule has 35 heavy (non-hydrogen) atoms. The van der Waals surface area contributed by atoms with Gasteiger partial charge in [0.15, 0.2) is 0 Å². The van der Waals surface area contributed by atoms with E-state index in [1.807, 2.05) is 6.92 Å². The Morgan fingerprint density at radius 1 is 1.17 bits per heavy atom. The number of carbonyl (C=O) groups excluding carboxylic acids is 1. The van der Waals surface area contributed by atoms with E-state index in [0.717, 1.165) is 5.56 Å². The first-order chi connectivity index (χ1) is 16.2. The predicted octanol–water partition coefficient (Wildman–Crippen LogP) is 4.58. The molecule has 0 saturated carbocycles. The summed E-state index contributed by atoms with van der Waals surface area (Å²) in [7, 11) is -5.96. The van der Waals surface area contributed by atoms with Crippen LogP contribution in [-0.2, 0) is 27.7 Å². The molecular formula is C23H28F3N3O5S. The molecule has 12 heteroatoms. The van der Waals surface area contributed by atoms with Crippen LogP contribution in [0, 0.1) is 0 Å². The van der Waals surface area contributed by atoms with Crippen LogP contribution in [0.25, 0.3) is 0 Å². The smallest absolute Gasteiger partial charge is 0.443 e. The van der Waals surface area contributed by atoms with Crippen molar-refractivity contribution >= 4 is 16.2 Å². The Hall–Kier alpha value is -2.89. The van der Waals surface area contributed by atoms with Gasteiger partial charge in [0.2, 0.25) is 5.88 Å². The van der Waals surface area contributed by atoms with E-state index >= 15 is 0 Å². The Morgan fingerprint density at radius 2 is 1.83 bits per heavy atom. The molecule has 0 fully saturated rings. The van der Waals surface area contributed by atoms with E-state index in [1.54, 1.807) is 51.1 Å². The molecule has 1 aliphatic heterocycles. The van der Waals surface area contributed by atoms with Crippen molar-refractivity contribution < 1.29 is 35.3 Å². The first-order valence-electron chi connectivity index (χ1n) is 11.1. The Bertz CT molecular complexity index is 1170. The largest absolute Gasteiger partial charge is 0.534 e. The predicted molar refractivity (Wildman–Crippen MR) is 121 cm³/mol. The topological polar surface area (TPSA) is 98.7 Å². The maximum absolute atomic E-state index is 13.1. The molecule has 3 rings (SSSR count). The monoisotopic (exact) mass is 515 g/mol. The van der Waals surface area contributed by atoms with Crippen molar-refractivity contribution in [2.75, 3.05) is 13.1 Å². The molecule has 2 heterocycles. The maximum atomic E-state index is 13.1. The molecule has 0 radical (unpaired) electrons. The van der Waals surface area contributed by atoms with Crippen LogP contribution >= 0.6 is 0 Å². The number of amides is 1. The van der Waals surface area contributed by atoms with Crippen LogP contribution in [0.15, 0.2) is 30.3 Å². The summed E-state index contributed by atoms with van der Waals surface area (Å²) in [4.78, 5) is 22.8. The lowest BCUT2D eigenvalue weighted by atomic mass is 10.0. The minimum atomic E-state index is -5.96. The van der Waals surface area contributed by atoms with Gasteiger partial charge >= 0.3 is 21.7 Å². The van der Waals surface area contributed by atoms with E-state index in [1.165, 1.54) is 4.90 Å². The Labute approximate surface area is 202 Å². The molecule has 192 valence electrons. The summed E-state index contributed by atoms with van der Waals surface area (Å²) in [5.74, 6) is -1.01. The Kier molecular flexibility index (Phi) is 7.63. The first kappa shape index (κ1) is 26.7. The summed E-state index contributed by atoms with van der Waals surface area (Å²) in [5.41, 5.74) is -5.08. The number of aromatic nitrogens is 2. The maximum Gasteiger partial charge on any atom is 0.534 e. The van der Waals surface area contributed by atoms with E-state index in [9.17, 15) is 26.4 Å². The summed E-state index contributed by atoms with van der Waals surface area (Å²) in [6.45, 7) is 7.42. The van der Waals surface area contributed by atoms with Crippen LogP contribution in [0.3, 0.4) is 0 Å². The van der Waals surface area contributed by atoms with Crippen LogP contribution in [0.4, 0.5) is 18.0 Å². The van der Waals surface area contributed by atoms with Crippen LogP contribution in [-0.4, -0.2) is 53.6 Å². The highest BCUT2D eigenvalue weighted by molar-refractivity contribution is 7.87. The van der Waals surface area contributed by atoms with Gasteiger partial charge in [-0.15, -0.1) is 0 Å². The van der Waals surface area contributed by atoms with Crippen LogP contribution in [0.1, 0.15) is 62.7 Å². The normalized spacial score (nSPS) is 16.9. The molecule has 1 aliphatic rings. The van der Waals surface area contributed by atoms with Gasteiger partial charge in [-0.1, -0.05) is 44.2 Å². The molecule has 0 aliphatic carbocycles. The summed E-state index contributed by atoms with van der Waals surface area (Å²) < 4.78 is 73.0. The summed E-state index contributed by atoms with van der Waals surface area (Å²) in [6.07, 6.45) is 0.165. The average molecular weight is 516 g/mol. The second-order valence-corrected chi connectivity index (χ2v) is 10.6. The third-order valence-corrected chi connectivity index (χ3v) is 6.73. The number of hydrogen-bond acceptors (Lipinski definition) is 7. The van der Waals surface area contributed by atoms with Crippen molar-refractivity contribution in [1.29, 1.82) is 0 Å². The van der Waals surface area contributed by atoms with Crippen molar-refractivity contribution in [2.45, 2.75) is 64.0 Å². The van der Waals surface area contributed by atoms with Gasteiger partial charge in [0.05, 0.1) is 5.69 Å². The number of carbonyl (C=O) groups is 1. The zero-order valence-corrected chi connectivity index (χ0v) is 20.7. The first-order valence-corrected chi connectivity index (χ1v) is 12.6. The minimum Gasteiger partial charge on any atom is -0.443 e.